The van der Waals surface area contributed by atoms with E-state index in [2.05, 4.69) is 23.7 Å². The van der Waals surface area contributed by atoms with Crippen molar-refractivity contribution in [3.63, 3.8) is 0 Å². The van der Waals surface area contributed by atoms with Crippen LogP contribution in [0.1, 0.15) is 233 Å². The van der Waals surface area contributed by atoms with Crippen LogP contribution in [0.3, 0.4) is 0 Å². The van der Waals surface area contributed by atoms with E-state index in [1.54, 1.807) is 0 Å². The molecule has 0 aliphatic carbocycles. The van der Waals surface area contributed by atoms with Crippen molar-refractivity contribution >= 4 is 13.9 Å². The molecule has 398 valence electrons. The van der Waals surface area contributed by atoms with Crippen LogP contribution in [0.15, 0.2) is 0 Å². The van der Waals surface area contributed by atoms with Crippen LogP contribution in [0, 0.1) is 0 Å². The van der Waals surface area contributed by atoms with E-state index in [4.69, 9.17) is 32.9 Å². The molecule has 0 aromatic rings. The van der Waals surface area contributed by atoms with Gasteiger partial charge in [0.25, 0.3) is 0 Å². The smallest absolute Gasteiger partial charge is 0.447 e. The van der Waals surface area contributed by atoms with Crippen molar-refractivity contribution < 1.29 is 56.8 Å². The summed E-state index contributed by atoms with van der Waals surface area (Å²) in [5.41, 5.74) is 0. The minimum atomic E-state index is -4.21. The Morgan fingerprint density at radius 1 is 0.470 bits per heavy atom. The lowest BCUT2D eigenvalue weighted by Crippen LogP contribution is -2.33. The van der Waals surface area contributed by atoms with Crippen molar-refractivity contribution in [1.82, 2.24) is 5.32 Å². The molecule has 1 amide bonds. The third-order valence-corrected chi connectivity index (χ3v) is 12.5. The zero-order valence-electron chi connectivity index (χ0n) is 43.7. The molecule has 0 bridgehead atoms. The Morgan fingerprint density at radius 3 is 1.23 bits per heavy atom. The Labute approximate surface area is 406 Å². The summed E-state index contributed by atoms with van der Waals surface area (Å²) in [5.74, 6) is 0. The third-order valence-electron chi connectivity index (χ3n) is 11.5. The Balaban J connectivity index is 0. The monoisotopic (exact) mass is 970 g/mol. The molecule has 0 aliphatic heterocycles. The van der Waals surface area contributed by atoms with Crippen LogP contribution in [0.4, 0.5) is 4.79 Å². The Kier molecular flexibility index (Phi) is 57.8. The fraction of sp³-hybridized carbons (Fsp3) is 0.981. The number of phosphoric acid groups is 1. The van der Waals surface area contributed by atoms with E-state index in [9.17, 15) is 19.4 Å². The predicted octanol–water partition coefficient (Wildman–Crippen LogP) is 13.8. The topological polar surface area (TPSA) is 160 Å². The van der Waals surface area contributed by atoms with Gasteiger partial charge >= 0.3 is 13.9 Å². The summed E-state index contributed by atoms with van der Waals surface area (Å²) in [6.07, 6.45) is 40.9. The zero-order valence-corrected chi connectivity index (χ0v) is 44.6. The molecule has 0 rings (SSSR count). The van der Waals surface area contributed by atoms with Crippen molar-refractivity contribution in [1.29, 1.82) is 0 Å². The van der Waals surface area contributed by atoms with Gasteiger partial charge in [0.1, 0.15) is 18.8 Å². The fourth-order valence-corrected chi connectivity index (χ4v) is 8.05. The number of carbonyl (C=O) groups excluding carboxylic acids is 1. The predicted molar refractivity (Wildman–Crippen MR) is 272 cm³/mol. The van der Waals surface area contributed by atoms with Gasteiger partial charge in [0.2, 0.25) is 0 Å². The normalized spacial score (nSPS) is 13.3. The number of amides is 1. The number of hydrogen-bond donors (Lipinski definition) is 3. The van der Waals surface area contributed by atoms with Gasteiger partial charge in [-0.25, -0.2) is 9.36 Å². The van der Waals surface area contributed by atoms with E-state index >= 15 is 0 Å². The van der Waals surface area contributed by atoms with Crippen LogP contribution in [0.5, 0.6) is 0 Å². The standard InChI is InChI=1S/C50H102NO12P.C2H6/c1-4-6-8-10-12-14-16-18-20-22-24-26-28-30-32-34-37-59-46-49(61-38-35-33-31-29-27-25-23-21-19-17-15-13-11-9-7-5-2)47-62-50(53)51-36-39-57-40-41-58-42-43-60-45-48(44-52)63-64(54,55)56-3;1-2/h48-49,52H,4-47H2,1-3H3,(H,51,53)(H,54,55);1-2H3. The van der Waals surface area contributed by atoms with E-state index in [1.807, 2.05) is 13.8 Å². The first-order valence-electron chi connectivity index (χ1n) is 27.4. The number of carbonyl (C=O) groups is 1. The van der Waals surface area contributed by atoms with E-state index in [0.29, 0.717) is 46.2 Å². The lowest BCUT2D eigenvalue weighted by Gasteiger charge is -2.18. The summed E-state index contributed by atoms with van der Waals surface area (Å²) in [7, 11) is -3.16. The SMILES string of the molecule is CC.CCCCCCCCCCCCCCCCCCOCC(COC(=O)NCCOCCOCCOCC(CO)OP(=O)(O)OC)OCCCCCCCCCCCCCCCCCC. The Hall–Kier alpha value is -0.860. The lowest BCUT2D eigenvalue weighted by atomic mass is 10.0. The van der Waals surface area contributed by atoms with Gasteiger partial charge < -0.3 is 43.7 Å². The average molecular weight is 970 g/mol. The molecule has 3 atom stereocenters. The maximum atomic E-state index is 12.4. The number of ether oxygens (including phenoxy) is 6. The van der Waals surface area contributed by atoms with Gasteiger partial charge in [-0.1, -0.05) is 220 Å². The minimum Gasteiger partial charge on any atom is -0.447 e. The number of hydrogen-bond acceptors (Lipinski definition) is 11. The molecule has 0 heterocycles. The highest BCUT2D eigenvalue weighted by atomic mass is 31.2. The highest BCUT2D eigenvalue weighted by molar-refractivity contribution is 7.47. The number of alkyl carbamates (subject to hydrolysis) is 1. The quantitative estimate of drug-likeness (QED) is 0.0392. The fourth-order valence-electron chi connectivity index (χ4n) is 7.46. The van der Waals surface area contributed by atoms with Crippen molar-refractivity contribution in [2.24, 2.45) is 0 Å². The number of aliphatic hydroxyl groups excluding tert-OH is 1. The first-order valence-corrected chi connectivity index (χ1v) is 28.9. The number of rotatable bonds is 54. The van der Waals surface area contributed by atoms with Crippen LogP contribution in [-0.4, -0.2) is 115 Å². The average Bonchev–Trinajstić information content (AvgIpc) is 3.32. The van der Waals surface area contributed by atoms with Crippen molar-refractivity contribution in [2.45, 2.75) is 245 Å². The minimum absolute atomic E-state index is 0.0922. The second kappa shape index (κ2) is 56.7. The number of nitrogens with one attached hydrogen (secondary N) is 1. The van der Waals surface area contributed by atoms with Gasteiger partial charge in [0.15, 0.2) is 0 Å². The van der Waals surface area contributed by atoms with Gasteiger partial charge in [-0.3, -0.25) is 9.05 Å². The second-order valence-corrected chi connectivity index (χ2v) is 19.1. The molecule has 0 spiro atoms. The maximum absolute atomic E-state index is 12.4. The molecule has 0 aliphatic rings. The molecule has 3 N–H and O–H groups in total. The van der Waals surface area contributed by atoms with Gasteiger partial charge in [-0.15, -0.1) is 0 Å². The molecule has 66 heavy (non-hydrogen) atoms. The summed E-state index contributed by atoms with van der Waals surface area (Å²) >= 11 is 0. The van der Waals surface area contributed by atoms with Gasteiger partial charge in [-0.2, -0.15) is 0 Å². The molecule has 0 saturated carbocycles. The zero-order chi connectivity index (χ0) is 48.7. The number of unbranched alkanes of at least 4 members (excludes halogenated alkanes) is 30. The highest BCUT2D eigenvalue weighted by Gasteiger charge is 2.24. The highest BCUT2D eigenvalue weighted by Crippen LogP contribution is 2.43. The molecular formula is C52H108NO12P. The van der Waals surface area contributed by atoms with Gasteiger partial charge in [-0.05, 0) is 12.8 Å². The van der Waals surface area contributed by atoms with Crippen molar-refractivity contribution in [3.8, 4) is 0 Å². The number of phosphoric ester groups is 1. The van der Waals surface area contributed by atoms with E-state index < -0.39 is 26.6 Å². The molecule has 14 heteroatoms. The maximum Gasteiger partial charge on any atom is 0.472 e. The first-order chi connectivity index (χ1) is 32.4. The molecule has 0 aromatic carbocycles. The van der Waals surface area contributed by atoms with E-state index in [1.165, 1.54) is 186 Å². The van der Waals surface area contributed by atoms with Crippen LogP contribution < -0.4 is 5.32 Å². The molecule has 13 nitrogen and oxygen atoms in total. The molecule has 0 fully saturated rings. The van der Waals surface area contributed by atoms with Crippen molar-refractivity contribution in [3.05, 3.63) is 0 Å². The summed E-state index contributed by atoms with van der Waals surface area (Å²) in [5, 5.41) is 12.0. The molecule has 0 radical (unpaired) electrons. The van der Waals surface area contributed by atoms with Gasteiger partial charge in [0.05, 0.1) is 52.9 Å². The van der Waals surface area contributed by atoms with Crippen LogP contribution >= 0.6 is 7.82 Å². The van der Waals surface area contributed by atoms with E-state index in [0.717, 1.165) is 26.4 Å². The van der Waals surface area contributed by atoms with Crippen LogP contribution in [-0.2, 0) is 42.0 Å². The first kappa shape index (κ1) is 67.2. The van der Waals surface area contributed by atoms with Gasteiger partial charge in [0, 0.05) is 26.9 Å². The second-order valence-electron chi connectivity index (χ2n) is 17.6. The van der Waals surface area contributed by atoms with Crippen LogP contribution in [0.25, 0.3) is 0 Å². The van der Waals surface area contributed by atoms with Crippen LogP contribution in [0.2, 0.25) is 0 Å². The molecule has 3 unspecified atom stereocenters. The summed E-state index contributed by atoms with van der Waals surface area (Å²) in [6.45, 7) is 11.6. The van der Waals surface area contributed by atoms with E-state index in [-0.39, 0.29) is 32.5 Å². The summed E-state index contributed by atoms with van der Waals surface area (Å²) < 4.78 is 54.5. The summed E-state index contributed by atoms with van der Waals surface area (Å²) in [6, 6.07) is 0. The third kappa shape index (κ3) is 54.1. The molecular weight excluding hydrogens is 862 g/mol. The van der Waals surface area contributed by atoms with Crippen molar-refractivity contribution in [2.75, 3.05) is 86.3 Å². The largest absolute Gasteiger partial charge is 0.472 e. The number of aliphatic hydroxyl groups is 1. The Bertz CT molecular complexity index is 984. The molecule has 0 saturated heterocycles. The lowest BCUT2D eigenvalue weighted by molar-refractivity contribution is -0.0470. The Morgan fingerprint density at radius 2 is 0.818 bits per heavy atom. The summed E-state index contributed by atoms with van der Waals surface area (Å²) in [4.78, 5) is 21.8. The molecule has 0 aromatic heterocycles.